The number of unbranched alkanes of at least 4 members (excludes halogenated alkanes) is 1. The predicted molar refractivity (Wildman–Crippen MR) is 85.3 cm³/mol. The molecule has 0 aromatic carbocycles. The molecular formula is C19H36. The Bertz CT molecular complexity index is 222. The standard InChI is InChI=1S/C19H36/c1-3-5-8-16-11-13-18(14-12-16)19-10-6-9-17(15-19)7-4-2/h16-19H,3-15H2,1-2H3/t16-,17-,18+,19-/m1/s1. The van der Waals surface area contributed by atoms with Crippen LogP contribution >= 0.6 is 0 Å². The maximum Gasteiger partial charge on any atom is -0.0383 e. The summed E-state index contributed by atoms with van der Waals surface area (Å²) in [6.07, 6.45) is 19.7. The number of hydrogen-bond acceptors (Lipinski definition) is 0. The average Bonchev–Trinajstić information content (AvgIpc) is 2.46. The van der Waals surface area contributed by atoms with E-state index >= 15 is 0 Å². The molecule has 0 nitrogen and oxygen atoms in total. The Balaban J connectivity index is 1.71. The van der Waals surface area contributed by atoms with E-state index in [4.69, 9.17) is 0 Å². The second-order valence-electron chi connectivity index (χ2n) is 7.50. The zero-order valence-electron chi connectivity index (χ0n) is 13.5. The summed E-state index contributed by atoms with van der Waals surface area (Å²) in [7, 11) is 0. The minimum atomic E-state index is 1.08. The SMILES string of the molecule is CCCC[C@H]1CC[C@@H]([C@@H]2CCC[C@@H](CCC)C2)CC1. The highest BCUT2D eigenvalue weighted by molar-refractivity contribution is 4.82. The summed E-state index contributed by atoms with van der Waals surface area (Å²) < 4.78 is 0. The maximum atomic E-state index is 2.36. The molecule has 0 aliphatic heterocycles. The van der Waals surface area contributed by atoms with Crippen molar-refractivity contribution in [1.82, 2.24) is 0 Å². The van der Waals surface area contributed by atoms with Gasteiger partial charge in [-0.25, -0.2) is 0 Å². The first-order chi connectivity index (χ1) is 9.33. The molecule has 2 aliphatic carbocycles. The number of hydrogen-bond donors (Lipinski definition) is 0. The van der Waals surface area contributed by atoms with Crippen molar-refractivity contribution >= 4 is 0 Å². The molecule has 0 bridgehead atoms. The minimum absolute atomic E-state index is 1.08. The van der Waals surface area contributed by atoms with Crippen LogP contribution in [0.15, 0.2) is 0 Å². The van der Waals surface area contributed by atoms with Crippen molar-refractivity contribution in [3.63, 3.8) is 0 Å². The first kappa shape index (κ1) is 15.4. The molecule has 0 saturated heterocycles. The molecule has 2 aliphatic rings. The Labute approximate surface area is 121 Å². The fourth-order valence-electron chi connectivity index (χ4n) is 4.87. The van der Waals surface area contributed by atoms with Crippen molar-refractivity contribution in [2.24, 2.45) is 23.7 Å². The van der Waals surface area contributed by atoms with Gasteiger partial charge in [0.25, 0.3) is 0 Å². The van der Waals surface area contributed by atoms with Crippen LogP contribution in [0.3, 0.4) is 0 Å². The normalized spacial score (nSPS) is 36.3. The summed E-state index contributed by atoms with van der Waals surface area (Å²) in [4.78, 5) is 0. The molecule has 0 unspecified atom stereocenters. The van der Waals surface area contributed by atoms with Crippen LogP contribution in [0.2, 0.25) is 0 Å². The predicted octanol–water partition coefficient (Wildman–Crippen LogP) is 6.59. The summed E-state index contributed by atoms with van der Waals surface area (Å²) in [6.45, 7) is 4.70. The topological polar surface area (TPSA) is 0 Å². The van der Waals surface area contributed by atoms with Gasteiger partial charge in [0.2, 0.25) is 0 Å². The minimum Gasteiger partial charge on any atom is -0.0654 e. The van der Waals surface area contributed by atoms with E-state index in [1.165, 1.54) is 44.9 Å². The zero-order valence-corrected chi connectivity index (χ0v) is 13.5. The quantitative estimate of drug-likeness (QED) is 0.507. The summed E-state index contributed by atoms with van der Waals surface area (Å²) in [6, 6.07) is 0. The van der Waals surface area contributed by atoms with Crippen molar-refractivity contribution in [2.75, 3.05) is 0 Å². The lowest BCUT2D eigenvalue weighted by molar-refractivity contribution is 0.133. The van der Waals surface area contributed by atoms with E-state index in [0.717, 1.165) is 23.7 Å². The van der Waals surface area contributed by atoms with Crippen LogP contribution in [-0.4, -0.2) is 0 Å². The summed E-state index contributed by atoms with van der Waals surface area (Å²) in [5.74, 6) is 4.39. The Kier molecular flexibility index (Phi) is 6.74. The van der Waals surface area contributed by atoms with Crippen LogP contribution in [0, 0.1) is 23.7 Å². The van der Waals surface area contributed by atoms with Crippen LogP contribution in [0.25, 0.3) is 0 Å². The van der Waals surface area contributed by atoms with Gasteiger partial charge in [0.15, 0.2) is 0 Å². The molecule has 0 aromatic rings. The van der Waals surface area contributed by atoms with E-state index < -0.39 is 0 Å². The highest BCUT2D eigenvalue weighted by Crippen LogP contribution is 2.43. The van der Waals surface area contributed by atoms with E-state index in [1.54, 1.807) is 38.5 Å². The fraction of sp³-hybridized carbons (Fsp3) is 1.00. The van der Waals surface area contributed by atoms with Gasteiger partial charge in [0, 0.05) is 0 Å². The van der Waals surface area contributed by atoms with Gasteiger partial charge in [0.05, 0.1) is 0 Å². The van der Waals surface area contributed by atoms with Crippen molar-refractivity contribution in [2.45, 2.75) is 97.3 Å². The third kappa shape index (κ3) is 4.80. The van der Waals surface area contributed by atoms with Crippen LogP contribution in [0.4, 0.5) is 0 Å². The third-order valence-electron chi connectivity index (χ3n) is 6.04. The van der Waals surface area contributed by atoms with Crippen molar-refractivity contribution in [3.05, 3.63) is 0 Å². The smallest absolute Gasteiger partial charge is 0.0383 e. The Hall–Kier alpha value is 0. The van der Waals surface area contributed by atoms with Crippen molar-refractivity contribution < 1.29 is 0 Å². The third-order valence-corrected chi connectivity index (χ3v) is 6.04. The molecule has 2 fully saturated rings. The lowest BCUT2D eigenvalue weighted by Crippen LogP contribution is -2.26. The van der Waals surface area contributed by atoms with Gasteiger partial charge in [0.1, 0.15) is 0 Å². The van der Waals surface area contributed by atoms with Gasteiger partial charge in [-0.05, 0) is 42.9 Å². The van der Waals surface area contributed by atoms with Gasteiger partial charge in [-0.3, -0.25) is 0 Å². The number of rotatable bonds is 6. The van der Waals surface area contributed by atoms with Crippen LogP contribution < -0.4 is 0 Å². The largest absolute Gasteiger partial charge is 0.0654 e. The molecule has 0 radical (unpaired) electrons. The van der Waals surface area contributed by atoms with Crippen molar-refractivity contribution in [1.29, 1.82) is 0 Å². The highest BCUT2D eigenvalue weighted by atomic mass is 14.4. The highest BCUT2D eigenvalue weighted by Gasteiger charge is 2.30. The van der Waals surface area contributed by atoms with Crippen molar-refractivity contribution in [3.8, 4) is 0 Å². The fourth-order valence-corrected chi connectivity index (χ4v) is 4.87. The van der Waals surface area contributed by atoms with E-state index in [-0.39, 0.29) is 0 Å². The molecule has 0 spiro atoms. The molecule has 2 atom stereocenters. The molecule has 0 heteroatoms. The van der Waals surface area contributed by atoms with E-state index in [2.05, 4.69) is 13.8 Å². The summed E-state index contributed by atoms with van der Waals surface area (Å²) in [5.41, 5.74) is 0. The average molecular weight is 264 g/mol. The summed E-state index contributed by atoms with van der Waals surface area (Å²) in [5, 5.41) is 0. The molecule has 0 amide bonds. The maximum absolute atomic E-state index is 2.36. The Morgan fingerprint density at radius 1 is 0.684 bits per heavy atom. The second-order valence-corrected chi connectivity index (χ2v) is 7.50. The summed E-state index contributed by atoms with van der Waals surface area (Å²) >= 11 is 0. The van der Waals surface area contributed by atoms with E-state index in [9.17, 15) is 0 Å². The van der Waals surface area contributed by atoms with Gasteiger partial charge >= 0.3 is 0 Å². The molecule has 2 saturated carbocycles. The molecule has 0 heterocycles. The lowest BCUT2D eigenvalue weighted by atomic mass is 9.67. The zero-order chi connectivity index (χ0) is 13.5. The monoisotopic (exact) mass is 264 g/mol. The van der Waals surface area contributed by atoms with Gasteiger partial charge in [-0.1, -0.05) is 78.1 Å². The van der Waals surface area contributed by atoms with Crippen LogP contribution in [0.5, 0.6) is 0 Å². The van der Waals surface area contributed by atoms with Crippen LogP contribution in [0.1, 0.15) is 97.3 Å². The van der Waals surface area contributed by atoms with Gasteiger partial charge in [-0.15, -0.1) is 0 Å². The molecule has 0 aromatic heterocycles. The Morgan fingerprint density at radius 3 is 2.16 bits per heavy atom. The molecular weight excluding hydrogens is 228 g/mol. The second kappa shape index (κ2) is 8.32. The van der Waals surface area contributed by atoms with Crippen LogP contribution in [-0.2, 0) is 0 Å². The molecule has 112 valence electrons. The first-order valence-electron chi connectivity index (χ1n) is 9.33. The van der Waals surface area contributed by atoms with E-state index in [0.29, 0.717) is 0 Å². The molecule has 2 rings (SSSR count). The molecule has 19 heavy (non-hydrogen) atoms. The van der Waals surface area contributed by atoms with Gasteiger partial charge < -0.3 is 0 Å². The lowest BCUT2D eigenvalue weighted by Gasteiger charge is -2.38. The van der Waals surface area contributed by atoms with Gasteiger partial charge in [-0.2, -0.15) is 0 Å². The first-order valence-corrected chi connectivity index (χ1v) is 9.33. The van der Waals surface area contributed by atoms with E-state index in [1.807, 2.05) is 0 Å². The molecule has 0 N–H and O–H groups in total. The Morgan fingerprint density at radius 2 is 1.47 bits per heavy atom.